The molecule has 0 saturated carbocycles. The van der Waals surface area contributed by atoms with E-state index in [1.807, 2.05) is 63.1 Å². The third-order valence-corrected chi connectivity index (χ3v) is 6.31. The second-order valence-electron chi connectivity index (χ2n) is 9.33. The molecule has 0 spiro atoms. The van der Waals surface area contributed by atoms with E-state index in [1.165, 1.54) is 37.2 Å². The van der Waals surface area contributed by atoms with Gasteiger partial charge in [-0.1, -0.05) is 47.3 Å². The highest BCUT2D eigenvalue weighted by atomic mass is 33.1. The van der Waals surface area contributed by atoms with Crippen molar-refractivity contribution in [3.63, 3.8) is 0 Å². The quantitative estimate of drug-likeness (QED) is 0.212. The number of carbonyl (C=O) groups is 2. The number of nitrogens with one attached hydrogen (secondary N) is 2. The van der Waals surface area contributed by atoms with Crippen molar-refractivity contribution in [2.45, 2.75) is 104 Å². The largest absolute Gasteiger partial charge is 0.444 e. The summed E-state index contributed by atoms with van der Waals surface area (Å²) in [5.74, 6) is 2.37. The topological polar surface area (TPSA) is 76.7 Å². The SMILES string of the molecule is CC(C)(C)OC(=O)NCCCCCCSSCCCCCCNC(=O)OC(C)(C)C. The lowest BCUT2D eigenvalue weighted by molar-refractivity contribution is 0.0515. The second kappa shape index (κ2) is 16.9. The minimum atomic E-state index is -0.433. The van der Waals surface area contributed by atoms with Gasteiger partial charge in [0.15, 0.2) is 0 Å². The maximum absolute atomic E-state index is 11.5. The Hall–Kier alpha value is -0.760. The number of ether oxygens (including phenoxy) is 2. The fraction of sp³-hybridized carbons (Fsp3) is 0.909. The monoisotopic (exact) mass is 464 g/mol. The third-order valence-electron chi connectivity index (χ3n) is 3.73. The van der Waals surface area contributed by atoms with Crippen LogP contribution in [0.25, 0.3) is 0 Å². The van der Waals surface area contributed by atoms with Gasteiger partial charge in [0, 0.05) is 24.6 Å². The summed E-state index contributed by atoms with van der Waals surface area (Å²) < 4.78 is 10.4. The molecule has 30 heavy (non-hydrogen) atoms. The highest BCUT2D eigenvalue weighted by Crippen LogP contribution is 2.24. The van der Waals surface area contributed by atoms with E-state index in [0.717, 1.165) is 25.7 Å². The molecule has 0 aliphatic carbocycles. The molecular weight excluding hydrogens is 420 g/mol. The van der Waals surface area contributed by atoms with Crippen LogP contribution in [0.5, 0.6) is 0 Å². The Morgan fingerprint density at radius 2 is 0.933 bits per heavy atom. The number of amides is 2. The van der Waals surface area contributed by atoms with Gasteiger partial charge >= 0.3 is 12.2 Å². The lowest BCUT2D eigenvalue weighted by Gasteiger charge is -2.19. The van der Waals surface area contributed by atoms with Crippen LogP contribution in [0.2, 0.25) is 0 Å². The minimum absolute atomic E-state index is 0.325. The molecule has 0 bridgehead atoms. The lowest BCUT2D eigenvalue weighted by Crippen LogP contribution is -2.33. The molecule has 0 aromatic rings. The number of hydrogen-bond acceptors (Lipinski definition) is 6. The van der Waals surface area contributed by atoms with E-state index >= 15 is 0 Å². The predicted octanol–water partition coefficient (Wildman–Crippen LogP) is 6.54. The van der Waals surface area contributed by atoms with E-state index in [2.05, 4.69) is 10.6 Å². The summed E-state index contributed by atoms with van der Waals surface area (Å²) in [6, 6.07) is 0. The molecule has 0 aliphatic rings. The average molecular weight is 465 g/mol. The van der Waals surface area contributed by atoms with Crippen LogP contribution < -0.4 is 10.6 Å². The van der Waals surface area contributed by atoms with Crippen LogP contribution in [-0.4, -0.2) is 48.0 Å². The summed E-state index contributed by atoms with van der Waals surface area (Å²) in [6.07, 6.45) is 8.47. The summed E-state index contributed by atoms with van der Waals surface area (Å²) in [6.45, 7) is 12.6. The lowest BCUT2D eigenvalue weighted by atomic mass is 10.2. The number of carbonyl (C=O) groups excluding carboxylic acids is 2. The number of rotatable bonds is 15. The van der Waals surface area contributed by atoms with Crippen LogP contribution in [-0.2, 0) is 9.47 Å². The average Bonchev–Trinajstić information content (AvgIpc) is 2.58. The summed E-state index contributed by atoms with van der Waals surface area (Å²) in [7, 11) is 3.92. The normalized spacial score (nSPS) is 11.8. The van der Waals surface area contributed by atoms with Crippen molar-refractivity contribution in [3.8, 4) is 0 Å². The van der Waals surface area contributed by atoms with E-state index in [1.54, 1.807) is 0 Å². The molecule has 0 aromatic heterocycles. The maximum atomic E-state index is 11.5. The Morgan fingerprint density at radius 1 is 0.600 bits per heavy atom. The fourth-order valence-electron chi connectivity index (χ4n) is 2.41. The van der Waals surface area contributed by atoms with Gasteiger partial charge in [0.25, 0.3) is 0 Å². The standard InChI is InChI=1S/C22H44N2O4S2/c1-21(2,3)27-19(25)23-15-11-7-9-13-17-29-30-18-14-10-8-12-16-24-20(26)28-22(4,5)6/h7-18H2,1-6H3,(H,23,25)(H,24,26). The van der Waals surface area contributed by atoms with Crippen LogP contribution >= 0.6 is 21.6 Å². The van der Waals surface area contributed by atoms with E-state index in [-0.39, 0.29) is 12.2 Å². The van der Waals surface area contributed by atoms with Crippen LogP contribution in [0.3, 0.4) is 0 Å². The van der Waals surface area contributed by atoms with Crippen molar-refractivity contribution in [3.05, 3.63) is 0 Å². The van der Waals surface area contributed by atoms with Gasteiger partial charge in [-0.05, 0) is 67.2 Å². The van der Waals surface area contributed by atoms with Crippen molar-refractivity contribution in [1.82, 2.24) is 10.6 Å². The number of hydrogen-bond donors (Lipinski definition) is 2. The van der Waals surface area contributed by atoms with Crippen LogP contribution in [0, 0.1) is 0 Å². The van der Waals surface area contributed by atoms with E-state index in [4.69, 9.17) is 9.47 Å². The summed E-state index contributed by atoms with van der Waals surface area (Å²) in [5, 5.41) is 5.60. The maximum Gasteiger partial charge on any atom is 0.407 e. The van der Waals surface area contributed by atoms with Gasteiger partial charge in [0.2, 0.25) is 0 Å². The van der Waals surface area contributed by atoms with Crippen molar-refractivity contribution in [2.75, 3.05) is 24.6 Å². The summed E-state index contributed by atoms with van der Waals surface area (Å²) in [4.78, 5) is 23.0. The molecule has 6 nitrogen and oxygen atoms in total. The van der Waals surface area contributed by atoms with Crippen LogP contribution in [0.15, 0.2) is 0 Å². The molecule has 0 aromatic carbocycles. The molecule has 2 amide bonds. The Labute approximate surface area is 192 Å². The second-order valence-corrected chi connectivity index (χ2v) is 12.0. The Kier molecular flexibility index (Phi) is 16.4. The van der Waals surface area contributed by atoms with Crippen LogP contribution in [0.4, 0.5) is 9.59 Å². The van der Waals surface area contributed by atoms with Crippen molar-refractivity contribution >= 4 is 33.8 Å². The molecule has 0 rings (SSSR count). The highest BCUT2D eigenvalue weighted by Gasteiger charge is 2.16. The first-order valence-electron chi connectivity index (χ1n) is 11.2. The Morgan fingerprint density at radius 3 is 1.27 bits per heavy atom. The third kappa shape index (κ3) is 23.5. The molecule has 0 radical (unpaired) electrons. The summed E-state index contributed by atoms with van der Waals surface area (Å²) >= 11 is 0. The van der Waals surface area contributed by atoms with E-state index in [0.29, 0.717) is 13.1 Å². The molecule has 0 unspecified atom stereocenters. The highest BCUT2D eigenvalue weighted by molar-refractivity contribution is 8.76. The number of unbranched alkanes of at least 4 members (excludes halogenated alkanes) is 6. The molecule has 178 valence electrons. The van der Waals surface area contributed by atoms with Crippen molar-refractivity contribution in [2.24, 2.45) is 0 Å². The van der Waals surface area contributed by atoms with Gasteiger partial charge in [0.1, 0.15) is 11.2 Å². The first-order valence-corrected chi connectivity index (χ1v) is 13.7. The van der Waals surface area contributed by atoms with Crippen molar-refractivity contribution in [1.29, 1.82) is 0 Å². The first-order chi connectivity index (χ1) is 14.0. The van der Waals surface area contributed by atoms with Gasteiger partial charge in [-0.15, -0.1) is 0 Å². The van der Waals surface area contributed by atoms with Crippen LogP contribution in [0.1, 0.15) is 92.9 Å². The van der Waals surface area contributed by atoms with Gasteiger partial charge in [-0.25, -0.2) is 9.59 Å². The molecule has 0 fully saturated rings. The predicted molar refractivity (Wildman–Crippen MR) is 130 cm³/mol. The Balaban J connectivity index is 3.25. The molecule has 0 heterocycles. The zero-order chi connectivity index (χ0) is 22.9. The van der Waals surface area contributed by atoms with Gasteiger partial charge in [0.05, 0.1) is 0 Å². The van der Waals surface area contributed by atoms with Gasteiger partial charge < -0.3 is 20.1 Å². The molecule has 2 N–H and O–H groups in total. The Bertz CT molecular complexity index is 421. The zero-order valence-electron chi connectivity index (χ0n) is 19.9. The van der Waals surface area contributed by atoms with E-state index in [9.17, 15) is 9.59 Å². The zero-order valence-corrected chi connectivity index (χ0v) is 21.6. The fourth-order valence-corrected chi connectivity index (χ4v) is 4.70. The first kappa shape index (κ1) is 29.2. The summed E-state index contributed by atoms with van der Waals surface area (Å²) in [5.41, 5.74) is -0.865. The molecule has 0 atom stereocenters. The minimum Gasteiger partial charge on any atom is -0.444 e. The smallest absolute Gasteiger partial charge is 0.407 e. The van der Waals surface area contributed by atoms with Crippen molar-refractivity contribution < 1.29 is 19.1 Å². The van der Waals surface area contributed by atoms with Gasteiger partial charge in [-0.3, -0.25) is 0 Å². The molecular formula is C22H44N2O4S2. The molecule has 0 saturated heterocycles. The van der Waals surface area contributed by atoms with Gasteiger partial charge in [-0.2, -0.15) is 0 Å². The van der Waals surface area contributed by atoms with E-state index < -0.39 is 11.2 Å². The number of alkyl carbamates (subject to hydrolysis) is 2. The molecule has 0 aliphatic heterocycles. The molecule has 8 heteroatoms.